The van der Waals surface area contributed by atoms with Gasteiger partial charge in [-0.3, -0.25) is 4.79 Å². The number of carbonyl (C=O) groups excluding carboxylic acids is 1. The van der Waals surface area contributed by atoms with E-state index >= 15 is 0 Å². The zero-order valence-corrected chi connectivity index (χ0v) is 15.2. The molecular formula is C22H26N4O. The van der Waals surface area contributed by atoms with E-state index in [1.165, 1.54) is 0 Å². The van der Waals surface area contributed by atoms with Gasteiger partial charge in [-0.2, -0.15) is 0 Å². The minimum Gasteiger partial charge on any atom is -0.377 e. The van der Waals surface area contributed by atoms with Crippen LogP contribution in [0.15, 0.2) is 67.5 Å². The van der Waals surface area contributed by atoms with Crippen molar-refractivity contribution >= 4 is 17.2 Å². The van der Waals surface area contributed by atoms with Crippen molar-refractivity contribution in [3.63, 3.8) is 0 Å². The molecule has 0 saturated heterocycles. The van der Waals surface area contributed by atoms with Crippen LogP contribution in [0.25, 0.3) is 5.57 Å². The van der Waals surface area contributed by atoms with Crippen LogP contribution in [0.3, 0.4) is 0 Å². The molecule has 0 fully saturated rings. The Morgan fingerprint density at radius 2 is 2.04 bits per heavy atom. The quantitative estimate of drug-likeness (QED) is 0.720. The Bertz CT molecular complexity index is 1020. The van der Waals surface area contributed by atoms with Gasteiger partial charge in [0.1, 0.15) is 5.82 Å². The minimum atomic E-state index is -0.453. The van der Waals surface area contributed by atoms with Crippen molar-refractivity contribution < 1.29 is 7.65 Å². The Labute approximate surface area is 161 Å². The van der Waals surface area contributed by atoms with Crippen LogP contribution in [0, 0.1) is 0 Å². The number of anilines is 1. The molecule has 4 rings (SSSR count). The van der Waals surface area contributed by atoms with Crippen LogP contribution < -0.4 is 11.1 Å². The number of benzene rings is 2. The maximum Gasteiger partial charge on any atom is 0.249 e. The van der Waals surface area contributed by atoms with E-state index in [4.69, 9.17) is 5.73 Å². The normalized spacial score (nSPS) is 18.6. The molecule has 0 radical (unpaired) electrons. The SMILES string of the molecule is C=C1c2c(cccc2C(N)=O)NC(c2ccccc2)C1c1nccn1CC.[HH].[HH]. The van der Waals surface area contributed by atoms with Gasteiger partial charge in [0.2, 0.25) is 5.91 Å². The number of fused-ring (bicyclic) bond motifs is 1. The topological polar surface area (TPSA) is 72.9 Å². The fraction of sp³-hybridized carbons (Fsp3) is 0.182. The summed E-state index contributed by atoms with van der Waals surface area (Å²) in [4.78, 5) is 16.6. The molecule has 0 spiro atoms. The van der Waals surface area contributed by atoms with Gasteiger partial charge in [0.05, 0.1) is 12.0 Å². The van der Waals surface area contributed by atoms with Gasteiger partial charge in [-0.25, -0.2) is 4.98 Å². The number of rotatable bonds is 4. The lowest BCUT2D eigenvalue weighted by Crippen LogP contribution is -2.29. The number of carbonyl (C=O) groups is 1. The van der Waals surface area contributed by atoms with Crippen molar-refractivity contribution in [1.29, 1.82) is 0 Å². The van der Waals surface area contributed by atoms with E-state index in [0.29, 0.717) is 5.56 Å². The lowest BCUT2D eigenvalue weighted by atomic mass is 9.78. The number of hydrogen-bond acceptors (Lipinski definition) is 3. The van der Waals surface area contributed by atoms with E-state index in [-0.39, 0.29) is 14.8 Å². The average Bonchev–Trinajstić information content (AvgIpc) is 3.16. The highest BCUT2D eigenvalue weighted by Gasteiger charge is 2.37. The number of hydrogen-bond donors (Lipinski definition) is 2. The van der Waals surface area contributed by atoms with Crippen molar-refractivity contribution in [2.45, 2.75) is 25.4 Å². The molecule has 0 bridgehead atoms. The zero-order chi connectivity index (χ0) is 19.0. The van der Waals surface area contributed by atoms with Crippen LogP contribution in [-0.2, 0) is 6.54 Å². The third kappa shape index (κ3) is 2.81. The number of primary amides is 1. The highest BCUT2D eigenvalue weighted by atomic mass is 16.1. The number of imidazole rings is 1. The highest BCUT2D eigenvalue weighted by Crippen LogP contribution is 2.49. The van der Waals surface area contributed by atoms with Gasteiger partial charge in [-0.15, -0.1) is 0 Å². The highest BCUT2D eigenvalue weighted by molar-refractivity contribution is 6.02. The molecule has 3 aromatic rings. The first-order chi connectivity index (χ1) is 13.1. The summed E-state index contributed by atoms with van der Waals surface area (Å²) < 4.78 is 2.12. The van der Waals surface area contributed by atoms with E-state index in [9.17, 15) is 4.79 Å². The molecule has 5 nitrogen and oxygen atoms in total. The van der Waals surface area contributed by atoms with Gasteiger partial charge in [-0.1, -0.05) is 43.0 Å². The molecule has 5 heteroatoms. The van der Waals surface area contributed by atoms with Gasteiger partial charge < -0.3 is 15.6 Å². The monoisotopic (exact) mass is 362 g/mol. The standard InChI is InChI=1S/C22H22N4O.2H2/c1-3-26-13-12-24-22(26)19-14(2)18-16(21(23)27)10-7-11-17(18)25-20(19)15-8-5-4-6-9-15;;/h4-13,19-20,25H,2-3H2,1H3,(H2,23,27);2*1H. The second-order valence-corrected chi connectivity index (χ2v) is 6.70. The molecule has 1 aliphatic rings. The first-order valence-electron chi connectivity index (χ1n) is 9.06. The summed E-state index contributed by atoms with van der Waals surface area (Å²) >= 11 is 0. The summed E-state index contributed by atoms with van der Waals surface area (Å²) in [7, 11) is 0. The molecule has 0 aliphatic carbocycles. The second-order valence-electron chi connectivity index (χ2n) is 6.70. The third-order valence-corrected chi connectivity index (χ3v) is 5.20. The Morgan fingerprint density at radius 1 is 1.26 bits per heavy atom. The zero-order valence-electron chi connectivity index (χ0n) is 15.2. The molecule has 3 N–H and O–H groups in total. The number of nitrogens with zero attached hydrogens (tertiary/aromatic N) is 2. The number of aryl methyl sites for hydroxylation is 1. The first kappa shape index (κ1) is 17.1. The molecule has 1 aromatic heterocycles. The fourth-order valence-corrected chi connectivity index (χ4v) is 3.94. The van der Waals surface area contributed by atoms with Gasteiger partial charge in [0.15, 0.2) is 0 Å². The molecule has 2 aromatic carbocycles. The van der Waals surface area contributed by atoms with Gasteiger partial charge >= 0.3 is 0 Å². The Balaban J connectivity index is 0.00000150. The largest absolute Gasteiger partial charge is 0.377 e. The molecule has 2 heterocycles. The minimum absolute atomic E-state index is 0. The number of amides is 1. The van der Waals surface area contributed by atoms with Crippen molar-refractivity contribution in [2.24, 2.45) is 5.73 Å². The van der Waals surface area contributed by atoms with E-state index in [1.54, 1.807) is 6.07 Å². The van der Waals surface area contributed by atoms with Crippen molar-refractivity contribution in [3.8, 4) is 0 Å². The fourth-order valence-electron chi connectivity index (χ4n) is 3.94. The van der Waals surface area contributed by atoms with Crippen LogP contribution in [-0.4, -0.2) is 15.5 Å². The van der Waals surface area contributed by atoms with Gasteiger partial charge in [0.25, 0.3) is 0 Å². The summed E-state index contributed by atoms with van der Waals surface area (Å²) in [5, 5.41) is 3.61. The van der Waals surface area contributed by atoms with Crippen LogP contribution >= 0.6 is 0 Å². The Kier molecular flexibility index (Phi) is 4.28. The molecule has 2 atom stereocenters. The van der Waals surface area contributed by atoms with Crippen LogP contribution in [0.5, 0.6) is 0 Å². The van der Waals surface area contributed by atoms with E-state index < -0.39 is 5.91 Å². The second kappa shape index (κ2) is 6.76. The summed E-state index contributed by atoms with van der Waals surface area (Å²) in [6, 6.07) is 15.8. The average molecular weight is 362 g/mol. The van der Waals surface area contributed by atoms with E-state index in [0.717, 1.165) is 34.8 Å². The molecule has 27 heavy (non-hydrogen) atoms. The van der Waals surface area contributed by atoms with E-state index in [1.807, 2.05) is 42.7 Å². The van der Waals surface area contributed by atoms with Gasteiger partial charge in [0, 0.05) is 38.6 Å². The molecular weight excluding hydrogens is 336 g/mol. The summed E-state index contributed by atoms with van der Waals surface area (Å²) in [5.41, 5.74) is 9.77. The maximum atomic E-state index is 12.0. The Morgan fingerprint density at radius 3 is 2.74 bits per heavy atom. The van der Waals surface area contributed by atoms with E-state index in [2.05, 4.69) is 40.5 Å². The molecule has 1 aliphatic heterocycles. The number of nitrogens with one attached hydrogen (secondary N) is 1. The van der Waals surface area contributed by atoms with Crippen LogP contribution in [0.2, 0.25) is 0 Å². The molecule has 2 unspecified atom stereocenters. The summed E-state index contributed by atoms with van der Waals surface area (Å²) in [6.45, 7) is 7.28. The lowest BCUT2D eigenvalue weighted by Gasteiger charge is -2.37. The van der Waals surface area contributed by atoms with Crippen molar-refractivity contribution in [2.75, 3.05) is 5.32 Å². The van der Waals surface area contributed by atoms with Crippen molar-refractivity contribution in [3.05, 3.63) is 90.0 Å². The lowest BCUT2D eigenvalue weighted by molar-refractivity contribution is 0.1000. The number of nitrogens with two attached hydrogens (primary N) is 1. The first-order valence-corrected chi connectivity index (χ1v) is 9.06. The maximum absolute atomic E-state index is 12.0. The summed E-state index contributed by atoms with van der Waals surface area (Å²) in [6.07, 6.45) is 3.78. The Hall–Kier alpha value is -3.34. The summed E-state index contributed by atoms with van der Waals surface area (Å²) in [5.74, 6) is 0.356. The van der Waals surface area contributed by atoms with Crippen LogP contribution in [0.1, 0.15) is 49.0 Å². The third-order valence-electron chi connectivity index (χ3n) is 5.20. The smallest absolute Gasteiger partial charge is 0.249 e. The van der Waals surface area contributed by atoms with Gasteiger partial charge in [-0.05, 0) is 30.2 Å². The number of aromatic nitrogens is 2. The molecule has 140 valence electrons. The molecule has 1 amide bonds. The molecule has 0 saturated carbocycles. The van der Waals surface area contributed by atoms with Crippen LogP contribution in [0.4, 0.5) is 5.69 Å². The predicted octanol–water partition coefficient (Wildman–Crippen LogP) is 4.46. The predicted molar refractivity (Wildman–Crippen MR) is 112 cm³/mol. The van der Waals surface area contributed by atoms with Crippen molar-refractivity contribution in [1.82, 2.24) is 9.55 Å².